The molecule has 4 heteroatoms. The van der Waals surface area contributed by atoms with Crippen LogP contribution >= 0.6 is 27.5 Å². The van der Waals surface area contributed by atoms with Gasteiger partial charge in [0.2, 0.25) is 0 Å². The van der Waals surface area contributed by atoms with Gasteiger partial charge in [-0.3, -0.25) is 0 Å². The summed E-state index contributed by atoms with van der Waals surface area (Å²) < 4.78 is 0.999. The Morgan fingerprint density at radius 3 is 2.65 bits per heavy atom. The van der Waals surface area contributed by atoms with E-state index in [1.807, 2.05) is 18.2 Å². The quantitative estimate of drug-likeness (QED) is 0.832. The first-order valence-electron chi connectivity index (χ1n) is 6.46. The zero-order valence-corrected chi connectivity index (χ0v) is 14.0. The van der Waals surface area contributed by atoms with Crippen molar-refractivity contribution in [1.29, 1.82) is 0 Å². The summed E-state index contributed by atoms with van der Waals surface area (Å²) in [5.74, 6) is 0. The first kappa shape index (κ1) is 15.4. The third-order valence-corrected chi connectivity index (χ3v) is 3.77. The maximum absolute atomic E-state index is 6.22. The number of benzene rings is 2. The Morgan fingerprint density at radius 1 is 1.15 bits per heavy atom. The van der Waals surface area contributed by atoms with E-state index in [1.54, 1.807) is 0 Å². The molecule has 0 bridgehead atoms. The summed E-state index contributed by atoms with van der Waals surface area (Å²) in [7, 11) is 4.14. The molecule has 0 aliphatic carbocycles. The molecule has 0 atom stereocenters. The van der Waals surface area contributed by atoms with Crippen LogP contribution in [-0.4, -0.2) is 19.0 Å². The van der Waals surface area contributed by atoms with Crippen molar-refractivity contribution in [3.8, 4) is 0 Å². The minimum Gasteiger partial charge on any atom is -0.381 e. The van der Waals surface area contributed by atoms with Crippen LogP contribution in [0.5, 0.6) is 0 Å². The molecule has 2 aromatic carbocycles. The molecule has 0 aromatic heterocycles. The molecular weight excluding hydrogens is 336 g/mol. The Labute approximate surface area is 133 Å². The summed E-state index contributed by atoms with van der Waals surface area (Å²) >= 11 is 9.63. The van der Waals surface area contributed by atoms with Crippen LogP contribution in [0, 0.1) is 0 Å². The lowest BCUT2D eigenvalue weighted by atomic mass is 10.1. The Balaban J connectivity index is 2.03. The largest absolute Gasteiger partial charge is 0.381 e. The van der Waals surface area contributed by atoms with E-state index >= 15 is 0 Å². The molecule has 1 N–H and O–H groups in total. The second-order valence-electron chi connectivity index (χ2n) is 5.03. The summed E-state index contributed by atoms with van der Waals surface area (Å²) in [6, 6.07) is 14.4. The lowest BCUT2D eigenvalue weighted by Gasteiger charge is -2.12. The van der Waals surface area contributed by atoms with Crippen LogP contribution in [-0.2, 0) is 13.1 Å². The maximum Gasteiger partial charge on any atom is 0.0467 e. The van der Waals surface area contributed by atoms with Gasteiger partial charge in [-0.2, -0.15) is 0 Å². The van der Waals surface area contributed by atoms with Crippen molar-refractivity contribution in [2.75, 3.05) is 19.4 Å². The lowest BCUT2D eigenvalue weighted by Crippen LogP contribution is -2.10. The van der Waals surface area contributed by atoms with Gasteiger partial charge < -0.3 is 10.2 Å². The summed E-state index contributed by atoms with van der Waals surface area (Å²) in [6.07, 6.45) is 0. The van der Waals surface area contributed by atoms with Gasteiger partial charge in [-0.25, -0.2) is 0 Å². The SMILES string of the molecule is CN(C)Cc1cccc(NCc2ccc(Br)cc2Cl)c1. The van der Waals surface area contributed by atoms with Crippen LogP contribution in [0.3, 0.4) is 0 Å². The van der Waals surface area contributed by atoms with Crippen LogP contribution in [0.25, 0.3) is 0 Å². The van der Waals surface area contributed by atoms with E-state index in [1.165, 1.54) is 5.56 Å². The van der Waals surface area contributed by atoms with Crippen molar-refractivity contribution in [3.63, 3.8) is 0 Å². The van der Waals surface area contributed by atoms with E-state index in [9.17, 15) is 0 Å². The summed E-state index contributed by atoms with van der Waals surface area (Å²) in [5.41, 5.74) is 3.50. The standard InChI is InChI=1S/C16H18BrClN2/c1-20(2)11-12-4-3-5-15(8-12)19-10-13-6-7-14(17)9-16(13)18/h3-9,19H,10-11H2,1-2H3. The van der Waals surface area contributed by atoms with Gasteiger partial charge in [0.15, 0.2) is 0 Å². The second kappa shape index (κ2) is 7.11. The third-order valence-electron chi connectivity index (χ3n) is 2.92. The van der Waals surface area contributed by atoms with Crippen LogP contribution in [0.2, 0.25) is 5.02 Å². The third kappa shape index (κ3) is 4.51. The highest BCUT2D eigenvalue weighted by molar-refractivity contribution is 9.10. The minimum absolute atomic E-state index is 0.720. The Morgan fingerprint density at radius 2 is 1.95 bits per heavy atom. The topological polar surface area (TPSA) is 15.3 Å². The summed E-state index contributed by atoms with van der Waals surface area (Å²) in [4.78, 5) is 2.16. The van der Waals surface area contributed by atoms with Gasteiger partial charge in [-0.15, -0.1) is 0 Å². The van der Waals surface area contributed by atoms with Gasteiger partial charge in [-0.1, -0.05) is 45.7 Å². The van der Waals surface area contributed by atoms with Crippen LogP contribution < -0.4 is 5.32 Å². The summed E-state index contributed by atoms with van der Waals surface area (Å²) in [6.45, 7) is 1.66. The van der Waals surface area contributed by atoms with Crippen LogP contribution in [0.4, 0.5) is 5.69 Å². The van der Waals surface area contributed by atoms with E-state index in [4.69, 9.17) is 11.6 Å². The van der Waals surface area contributed by atoms with Gasteiger partial charge in [-0.05, 0) is 49.5 Å². The van der Waals surface area contributed by atoms with Gasteiger partial charge in [0.1, 0.15) is 0 Å². The average Bonchev–Trinajstić information content (AvgIpc) is 2.37. The predicted molar refractivity (Wildman–Crippen MR) is 90.3 cm³/mol. The van der Waals surface area contributed by atoms with E-state index in [0.29, 0.717) is 0 Å². The van der Waals surface area contributed by atoms with Crippen molar-refractivity contribution in [1.82, 2.24) is 4.90 Å². The molecule has 0 saturated heterocycles. The highest BCUT2D eigenvalue weighted by Crippen LogP contribution is 2.22. The predicted octanol–water partition coefficient (Wildman–Crippen LogP) is 4.78. The Hall–Kier alpha value is -1.03. The molecule has 2 rings (SSSR count). The Bertz CT molecular complexity index is 584. The molecule has 0 amide bonds. The van der Waals surface area contributed by atoms with E-state index in [2.05, 4.69) is 64.5 Å². The number of hydrogen-bond donors (Lipinski definition) is 1. The van der Waals surface area contributed by atoms with Crippen molar-refractivity contribution in [3.05, 3.63) is 63.1 Å². The monoisotopic (exact) mass is 352 g/mol. The van der Waals surface area contributed by atoms with E-state index in [-0.39, 0.29) is 0 Å². The van der Waals surface area contributed by atoms with Gasteiger partial charge >= 0.3 is 0 Å². The highest BCUT2D eigenvalue weighted by atomic mass is 79.9. The fraction of sp³-hybridized carbons (Fsp3) is 0.250. The van der Waals surface area contributed by atoms with E-state index in [0.717, 1.165) is 33.8 Å². The molecule has 0 unspecified atom stereocenters. The number of rotatable bonds is 5. The smallest absolute Gasteiger partial charge is 0.0467 e. The maximum atomic E-state index is 6.22. The molecule has 0 heterocycles. The molecule has 2 nitrogen and oxygen atoms in total. The molecule has 0 saturated carbocycles. The molecule has 2 aromatic rings. The van der Waals surface area contributed by atoms with Gasteiger partial charge in [0.05, 0.1) is 0 Å². The molecule has 0 aliphatic heterocycles. The normalized spacial score (nSPS) is 10.8. The van der Waals surface area contributed by atoms with Crippen molar-refractivity contribution in [2.24, 2.45) is 0 Å². The average molecular weight is 354 g/mol. The molecule has 0 fully saturated rings. The fourth-order valence-electron chi connectivity index (χ4n) is 2.01. The number of hydrogen-bond acceptors (Lipinski definition) is 2. The first-order valence-corrected chi connectivity index (χ1v) is 7.63. The second-order valence-corrected chi connectivity index (χ2v) is 6.35. The van der Waals surface area contributed by atoms with Crippen LogP contribution in [0.1, 0.15) is 11.1 Å². The molecule has 0 aliphatic rings. The summed E-state index contributed by atoms with van der Waals surface area (Å²) in [5, 5.41) is 4.19. The van der Waals surface area contributed by atoms with Crippen molar-refractivity contribution in [2.45, 2.75) is 13.1 Å². The molecule has 20 heavy (non-hydrogen) atoms. The minimum atomic E-state index is 0.720. The highest BCUT2D eigenvalue weighted by Gasteiger charge is 2.02. The van der Waals surface area contributed by atoms with Crippen molar-refractivity contribution >= 4 is 33.2 Å². The number of anilines is 1. The van der Waals surface area contributed by atoms with Gasteiger partial charge in [0, 0.05) is 28.3 Å². The van der Waals surface area contributed by atoms with Crippen molar-refractivity contribution < 1.29 is 0 Å². The van der Waals surface area contributed by atoms with Crippen LogP contribution in [0.15, 0.2) is 46.9 Å². The number of nitrogens with zero attached hydrogens (tertiary/aromatic N) is 1. The molecule has 0 radical (unpaired) electrons. The zero-order chi connectivity index (χ0) is 14.5. The lowest BCUT2D eigenvalue weighted by molar-refractivity contribution is 0.402. The molecular formula is C16H18BrClN2. The van der Waals surface area contributed by atoms with Gasteiger partial charge in [0.25, 0.3) is 0 Å². The first-order chi connectivity index (χ1) is 9.54. The zero-order valence-electron chi connectivity index (χ0n) is 11.7. The molecule has 0 spiro atoms. The number of halogens is 2. The Kier molecular flexibility index (Phi) is 5.46. The fourth-order valence-corrected chi connectivity index (χ4v) is 2.75. The van der Waals surface area contributed by atoms with E-state index < -0.39 is 0 Å². The number of nitrogens with one attached hydrogen (secondary N) is 1. The molecule has 106 valence electrons.